The number of carbonyl (C=O) groups is 3. The summed E-state index contributed by atoms with van der Waals surface area (Å²) in [5, 5.41) is 9.87. The molecule has 4 heterocycles. The van der Waals surface area contributed by atoms with Crippen molar-refractivity contribution < 1.29 is 29.0 Å². The highest BCUT2D eigenvalue weighted by atomic mass is 35.5. The van der Waals surface area contributed by atoms with E-state index in [1.54, 1.807) is 34.1 Å². The molecule has 192 valence electrons. The van der Waals surface area contributed by atoms with Crippen molar-refractivity contribution in [2.45, 2.75) is 49.9 Å². The summed E-state index contributed by atoms with van der Waals surface area (Å²) in [5.74, 6) is -2.73. The molecule has 36 heavy (non-hydrogen) atoms. The van der Waals surface area contributed by atoms with Crippen LogP contribution in [0.4, 0.5) is 5.69 Å². The van der Waals surface area contributed by atoms with Crippen LogP contribution in [0.25, 0.3) is 0 Å². The number of ether oxygens (including phenoxy) is 2. The van der Waals surface area contributed by atoms with Crippen LogP contribution in [0.15, 0.2) is 48.6 Å². The molecule has 0 aromatic heterocycles. The molecule has 0 aliphatic carbocycles. The minimum atomic E-state index is -1.29. The van der Waals surface area contributed by atoms with E-state index in [9.17, 15) is 19.5 Å². The predicted molar refractivity (Wildman–Crippen MR) is 133 cm³/mol. The number of aliphatic hydroxyl groups excluding tert-OH is 1. The maximum absolute atomic E-state index is 14.2. The Hall–Kier alpha value is -2.68. The van der Waals surface area contributed by atoms with Gasteiger partial charge < -0.3 is 24.4 Å². The smallest absolute Gasteiger partial charge is 0.312 e. The molecule has 1 N–H and O–H groups in total. The Balaban J connectivity index is 1.58. The van der Waals surface area contributed by atoms with Crippen LogP contribution in [0.2, 0.25) is 5.02 Å². The van der Waals surface area contributed by atoms with E-state index in [1.165, 1.54) is 0 Å². The lowest BCUT2D eigenvalue weighted by Crippen LogP contribution is -2.55. The number of rotatable bonds is 5. The number of allylic oxidation sites excluding steroid dienone is 1. The number of carbonyl (C=O) groups excluding carboxylic acids is 3. The molecule has 0 saturated carbocycles. The number of halogens is 1. The first-order chi connectivity index (χ1) is 17.5. The molecule has 5 atom stereocenters. The van der Waals surface area contributed by atoms with E-state index in [-0.39, 0.29) is 25.0 Å². The molecular weight excluding hydrogens is 484 g/mol. The van der Waals surface area contributed by atoms with Gasteiger partial charge in [-0.25, -0.2) is 0 Å². The third-order valence-corrected chi connectivity index (χ3v) is 7.80. The van der Waals surface area contributed by atoms with Gasteiger partial charge in [-0.2, -0.15) is 0 Å². The van der Waals surface area contributed by atoms with Crippen LogP contribution in [-0.4, -0.2) is 71.8 Å². The third kappa shape index (κ3) is 4.25. The van der Waals surface area contributed by atoms with Crippen LogP contribution in [0, 0.1) is 11.8 Å². The zero-order chi connectivity index (χ0) is 25.3. The summed E-state index contributed by atoms with van der Waals surface area (Å²) >= 11 is 6.07. The fraction of sp³-hybridized carbons (Fsp3) is 0.519. The molecule has 4 aliphatic rings. The number of unbranched alkanes of at least 4 members (excludes halogenated alkanes) is 1. The van der Waals surface area contributed by atoms with Gasteiger partial charge in [-0.1, -0.05) is 35.9 Å². The van der Waals surface area contributed by atoms with Gasteiger partial charge in [-0.05, 0) is 56.4 Å². The summed E-state index contributed by atoms with van der Waals surface area (Å²) in [6.45, 7) is 0.863. The van der Waals surface area contributed by atoms with Crippen LogP contribution in [0.1, 0.15) is 32.1 Å². The molecule has 0 radical (unpaired) electrons. The predicted octanol–water partition coefficient (Wildman–Crippen LogP) is 2.88. The molecule has 4 aliphatic heterocycles. The van der Waals surface area contributed by atoms with Gasteiger partial charge in [0, 0.05) is 30.4 Å². The lowest BCUT2D eigenvalue weighted by Gasteiger charge is -2.35. The Labute approximate surface area is 215 Å². The van der Waals surface area contributed by atoms with Gasteiger partial charge in [0.2, 0.25) is 5.91 Å². The van der Waals surface area contributed by atoms with Gasteiger partial charge in [0.25, 0.3) is 5.91 Å². The van der Waals surface area contributed by atoms with E-state index in [1.807, 2.05) is 24.3 Å². The zero-order valence-electron chi connectivity index (χ0n) is 20.1. The highest BCUT2D eigenvalue weighted by Crippen LogP contribution is 2.53. The average molecular weight is 515 g/mol. The summed E-state index contributed by atoms with van der Waals surface area (Å²) < 4.78 is 12.2. The Bertz CT molecular complexity index is 1070. The maximum Gasteiger partial charge on any atom is 0.312 e. The number of esters is 1. The van der Waals surface area contributed by atoms with Crippen molar-refractivity contribution in [3.05, 3.63) is 53.6 Å². The molecular formula is C27H31ClN2O6. The van der Waals surface area contributed by atoms with Gasteiger partial charge in [0.1, 0.15) is 17.6 Å². The van der Waals surface area contributed by atoms with Crippen LogP contribution >= 0.6 is 11.6 Å². The second-order valence-electron chi connectivity index (χ2n) is 9.72. The van der Waals surface area contributed by atoms with Crippen molar-refractivity contribution in [2.24, 2.45) is 11.8 Å². The van der Waals surface area contributed by atoms with Crippen molar-refractivity contribution in [3.8, 4) is 0 Å². The first-order valence-corrected chi connectivity index (χ1v) is 13.0. The van der Waals surface area contributed by atoms with Gasteiger partial charge in [-0.15, -0.1) is 0 Å². The van der Waals surface area contributed by atoms with E-state index >= 15 is 0 Å². The number of hydrogen-bond donors (Lipinski definition) is 1. The molecule has 2 fully saturated rings. The lowest BCUT2D eigenvalue weighted by atomic mass is 9.78. The summed E-state index contributed by atoms with van der Waals surface area (Å²) in [7, 11) is 0. The first-order valence-electron chi connectivity index (χ1n) is 12.6. The Morgan fingerprint density at radius 1 is 1.06 bits per heavy atom. The van der Waals surface area contributed by atoms with Crippen molar-refractivity contribution in [1.82, 2.24) is 4.90 Å². The number of likely N-dealkylation sites (tertiary alicyclic amines) is 1. The van der Waals surface area contributed by atoms with Gasteiger partial charge in [-0.3, -0.25) is 14.4 Å². The molecule has 9 heteroatoms. The number of hydrogen-bond acceptors (Lipinski definition) is 6. The molecule has 2 saturated heterocycles. The number of anilines is 1. The second kappa shape index (κ2) is 10.4. The van der Waals surface area contributed by atoms with E-state index < -0.39 is 35.6 Å². The number of cyclic esters (lactones) is 1. The van der Waals surface area contributed by atoms with Crippen LogP contribution in [0.3, 0.4) is 0 Å². The number of aliphatic hydroxyl groups is 1. The third-order valence-electron chi connectivity index (χ3n) is 7.55. The number of fused-ring (bicyclic) bond motifs is 2. The number of benzene rings is 1. The van der Waals surface area contributed by atoms with Gasteiger partial charge >= 0.3 is 5.97 Å². The first kappa shape index (κ1) is 25.0. The van der Waals surface area contributed by atoms with E-state index in [2.05, 4.69) is 0 Å². The topological polar surface area (TPSA) is 96.4 Å². The minimum absolute atomic E-state index is 0.00959. The molecule has 1 spiro atoms. The van der Waals surface area contributed by atoms with Crippen LogP contribution < -0.4 is 4.90 Å². The monoisotopic (exact) mass is 514 g/mol. The SMILES string of the molecule is O=C1OCCCC/C=C\[C@H]2O[C@]34C=CCN(c5ccc(Cl)cc5)C(=O)C3N(CCCCO)C(=O)[C@@H]4[C@@H]12. The van der Waals surface area contributed by atoms with Crippen molar-refractivity contribution in [2.75, 3.05) is 31.2 Å². The summed E-state index contributed by atoms with van der Waals surface area (Å²) in [5.41, 5.74) is -0.630. The van der Waals surface area contributed by atoms with E-state index in [0.29, 0.717) is 36.7 Å². The Kier molecular flexibility index (Phi) is 7.19. The molecule has 0 bridgehead atoms. The van der Waals surface area contributed by atoms with Crippen molar-refractivity contribution in [1.29, 1.82) is 0 Å². The Morgan fingerprint density at radius 2 is 1.86 bits per heavy atom. The van der Waals surface area contributed by atoms with Gasteiger partial charge in [0.05, 0.1) is 18.6 Å². The molecule has 1 unspecified atom stereocenters. The van der Waals surface area contributed by atoms with Crippen LogP contribution in [0.5, 0.6) is 0 Å². The number of amides is 2. The average Bonchev–Trinajstić information content (AvgIpc) is 3.25. The van der Waals surface area contributed by atoms with Gasteiger partial charge in [0.15, 0.2) is 0 Å². The zero-order valence-corrected chi connectivity index (χ0v) is 20.8. The standard InChI is InChI=1S/C27H31ClN2O6/c28-18-9-11-19(12-10-18)29-15-7-13-27-22(24(32)30(14-4-5-16-31)23(27)25(29)33)21-20(36-27)8-3-1-2-6-17-35-26(21)34/h3,7-13,20-23,31H,1-2,4-6,14-17H2/b8-3-/t20-,21+,22+,23?,27+/m1/s1. The largest absolute Gasteiger partial charge is 0.465 e. The summed E-state index contributed by atoms with van der Waals surface area (Å²) in [6, 6.07) is 6.04. The summed E-state index contributed by atoms with van der Waals surface area (Å²) in [6.07, 6.45) is 10.3. The summed E-state index contributed by atoms with van der Waals surface area (Å²) in [4.78, 5) is 44.6. The highest BCUT2D eigenvalue weighted by Gasteiger charge is 2.71. The van der Waals surface area contributed by atoms with E-state index in [0.717, 1.165) is 19.3 Å². The molecule has 1 aromatic rings. The second-order valence-corrected chi connectivity index (χ2v) is 10.2. The van der Waals surface area contributed by atoms with Crippen molar-refractivity contribution >= 4 is 35.1 Å². The number of nitrogens with zero attached hydrogens (tertiary/aromatic N) is 2. The fourth-order valence-corrected chi connectivity index (χ4v) is 6.03. The van der Waals surface area contributed by atoms with E-state index in [4.69, 9.17) is 21.1 Å². The van der Waals surface area contributed by atoms with Crippen LogP contribution in [-0.2, 0) is 23.9 Å². The maximum atomic E-state index is 14.2. The minimum Gasteiger partial charge on any atom is -0.465 e. The normalized spacial score (nSPS) is 33.0. The quantitative estimate of drug-likeness (QED) is 0.369. The lowest BCUT2D eigenvalue weighted by molar-refractivity contribution is -0.154. The highest BCUT2D eigenvalue weighted by molar-refractivity contribution is 6.30. The molecule has 5 rings (SSSR count). The Morgan fingerprint density at radius 3 is 2.64 bits per heavy atom. The fourth-order valence-electron chi connectivity index (χ4n) is 5.90. The molecule has 8 nitrogen and oxygen atoms in total. The van der Waals surface area contributed by atoms with Crippen molar-refractivity contribution in [3.63, 3.8) is 0 Å². The molecule has 1 aromatic carbocycles. The molecule has 2 amide bonds.